The molecule has 0 saturated carbocycles. The van der Waals surface area contributed by atoms with Crippen molar-refractivity contribution < 1.29 is 9.53 Å². The highest BCUT2D eigenvalue weighted by molar-refractivity contribution is 6.00. The molecule has 1 aromatic rings. The number of ether oxygens (including phenoxy) is 1. The molecule has 0 aliphatic carbocycles. The molecule has 2 nitrogen and oxygen atoms in total. The van der Waals surface area contributed by atoms with Crippen LogP contribution in [0.2, 0.25) is 0 Å². The lowest BCUT2D eigenvalue weighted by molar-refractivity contribution is 0.0613. The van der Waals surface area contributed by atoms with E-state index in [1.165, 1.54) is 11.1 Å². The lowest BCUT2D eigenvalue weighted by Gasteiger charge is -2.33. The molecule has 0 aromatic heterocycles. The van der Waals surface area contributed by atoms with E-state index in [1.807, 2.05) is 26.0 Å². The zero-order valence-electron chi connectivity index (χ0n) is 11.1. The zero-order chi connectivity index (χ0) is 12.6. The molecule has 0 fully saturated rings. The SMILES string of the molecule is CCCc1c(C)ccc2c1OC(C)(C)CC2=O. The molecule has 1 aliphatic heterocycles. The van der Waals surface area contributed by atoms with Crippen molar-refractivity contribution in [1.82, 2.24) is 0 Å². The Labute approximate surface area is 103 Å². The minimum atomic E-state index is -0.375. The van der Waals surface area contributed by atoms with Crippen molar-refractivity contribution in [3.05, 3.63) is 28.8 Å². The van der Waals surface area contributed by atoms with Crippen molar-refractivity contribution in [3.8, 4) is 5.75 Å². The maximum atomic E-state index is 12.1. The molecule has 0 unspecified atom stereocenters. The highest BCUT2D eigenvalue weighted by atomic mass is 16.5. The molecule has 2 rings (SSSR count). The predicted molar refractivity (Wildman–Crippen MR) is 68.8 cm³/mol. The van der Waals surface area contributed by atoms with Gasteiger partial charge < -0.3 is 4.74 Å². The molecular formula is C15H20O2. The second kappa shape index (κ2) is 4.17. The van der Waals surface area contributed by atoms with E-state index in [0.717, 1.165) is 24.2 Å². The molecule has 0 bridgehead atoms. The lowest BCUT2D eigenvalue weighted by atomic mass is 9.89. The van der Waals surface area contributed by atoms with Crippen LogP contribution in [0.3, 0.4) is 0 Å². The van der Waals surface area contributed by atoms with Crippen LogP contribution in [-0.2, 0) is 6.42 Å². The van der Waals surface area contributed by atoms with E-state index >= 15 is 0 Å². The Balaban J connectivity index is 2.56. The van der Waals surface area contributed by atoms with E-state index in [0.29, 0.717) is 6.42 Å². The van der Waals surface area contributed by atoms with Crippen molar-refractivity contribution in [1.29, 1.82) is 0 Å². The quantitative estimate of drug-likeness (QED) is 0.777. The Morgan fingerprint density at radius 3 is 2.71 bits per heavy atom. The van der Waals surface area contributed by atoms with Crippen LogP contribution < -0.4 is 4.74 Å². The summed E-state index contributed by atoms with van der Waals surface area (Å²) in [6, 6.07) is 3.94. The highest BCUT2D eigenvalue weighted by Gasteiger charge is 2.33. The largest absolute Gasteiger partial charge is 0.486 e. The predicted octanol–water partition coefficient (Wildman–Crippen LogP) is 3.69. The van der Waals surface area contributed by atoms with E-state index in [1.54, 1.807) is 0 Å². The maximum Gasteiger partial charge on any atom is 0.170 e. The molecule has 0 amide bonds. The van der Waals surface area contributed by atoms with Gasteiger partial charge in [0.1, 0.15) is 11.4 Å². The summed E-state index contributed by atoms with van der Waals surface area (Å²) < 4.78 is 6.03. The molecule has 0 N–H and O–H groups in total. The Hall–Kier alpha value is -1.31. The third-order valence-electron chi connectivity index (χ3n) is 3.26. The molecule has 92 valence electrons. The van der Waals surface area contributed by atoms with Crippen LogP contribution in [0.5, 0.6) is 5.75 Å². The molecular weight excluding hydrogens is 212 g/mol. The Morgan fingerprint density at radius 2 is 2.06 bits per heavy atom. The van der Waals surface area contributed by atoms with E-state index in [4.69, 9.17) is 4.74 Å². The lowest BCUT2D eigenvalue weighted by Crippen LogP contribution is -2.36. The summed E-state index contributed by atoms with van der Waals surface area (Å²) >= 11 is 0. The monoisotopic (exact) mass is 232 g/mol. The Kier molecular flexibility index (Phi) is 2.98. The average molecular weight is 232 g/mol. The third-order valence-corrected chi connectivity index (χ3v) is 3.26. The Morgan fingerprint density at radius 1 is 1.35 bits per heavy atom. The van der Waals surface area contributed by atoms with E-state index in [-0.39, 0.29) is 11.4 Å². The van der Waals surface area contributed by atoms with Gasteiger partial charge in [0.25, 0.3) is 0 Å². The molecule has 1 aromatic carbocycles. The number of benzene rings is 1. The van der Waals surface area contributed by atoms with Gasteiger partial charge in [-0.1, -0.05) is 19.4 Å². The molecule has 0 atom stereocenters. The second-order valence-corrected chi connectivity index (χ2v) is 5.45. The van der Waals surface area contributed by atoms with Crippen molar-refractivity contribution in [3.63, 3.8) is 0 Å². The summed E-state index contributed by atoms with van der Waals surface area (Å²) in [5, 5.41) is 0. The topological polar surface area (TPSA) is 26.3 Å². The third kappa shape index (κ3) is 2.21. The van der Waals surface area contributed by atoms with Crippen LogP contribution in [0.25, 0.3) is 0 Å². The summed E-state index contributed by atoms with van der Waals surface area (Å²) in [4.78, 5) is 12.1. The number of fused-ring (bicyclic) bond motifs is 1. The second-order valence-electron chi connectivity index (χ2n) is 5.45. The van der Waals surface area contributed by atoms with Crippen molar-refractivity contribution in [2.24, 2.45) is 0 Å². The number of ketones is 1. The fourth-order valence-corrected chi connectivity index (χ4v) is 2.42. The van der Waals surface area contributed by atoms with E-state index in [2.05, 4.69) is 13.8 Å². The molecule has 2 heteroatoms. The molecule has 1 aliphatic rings. The fraction of sp³-hybridized carbons (Fsp3) is 0.533. The summed E-state index contributed by atoms with van der Waals surface area (Å²) in [6.45, 7) is 8.19. The molecule has 0 saturated heterocycles. The number of rotatable bonds is 2. The number of hydrogen-bond acceptors (Lipinski definition) is 2. The van der Waals surface area contributed by atoms with Gasteiger partial charge in [-0.25, -0.2) is 0 Å². The van der Waals surface area contributed by atoms with Crippen LogP contribution in [-0.4, -0.2) is 11.4 Å². The number of aryl methyl sites for hydroxylation is 1. The van der Waals surface area contributed by atoms with Crippen molar-refractivity contribution in [2.45, 2.75) is 52.6 Å². The van der Waals surface area contributed by atoms with Crippen molar-refractivity contribution in [2.75, 3.05) is 0 Å². The number of carbonyl (C=O) groups is 1. The van der Waals surface area contributed by atoms with Gasteiger partial charge in [-0.05, 0) is 44.4 Å². The zero-order valence-corrected chi connectivity index (χ0v) is 11.1. The van der Waals surface area contributed by atoms with Gasteiger partial charge in [-0.3, -0.25) is 4.79 Å². The van der Waals surface area contributed by atoms with Gasteiger partial charge in [0.05, 0.1) is 12.0 Å². The first-order valence-electron chi connectivity index (χ1n) is 6.29. The van der Waals surface area contributed by atoms with Crippen LogP contribution in [0.1, 0.15) is 55.1 Å². The normalized spacial score (nSPS) is 17.5. The minimum Gasteiger partial charge on any atom is -0.486 e. The van der Waals surface area contributed by atoms with Gasteiger partial charge >= 0.3 is 0 Å². The van der Waals surface area contributed by atoms with Gasteiger partial charge in [0.2, 0.25) is 0 Å². The van der Waals surface area contributed by atoms with E-state index < -0.39 is 0 Å². The molecule has 0 spiro atoms. The van der Waals surface area contributed by atoms with Crippen LogP contribution in [0.4, 0.5) is 0 Å². The maximum absolute atomic E-state index is 12.1. The first kappa shape index (κ1) is 12.2. The van der Waals surface area contributed by atoms with Crippen LogP contribution in [0.15, 0.2) is 12.1 Å². The van der Waals surface area contributed by atoms with Crippen LogP contribution in [0, 0.1) is 6.92 Å². The van der Waals surface area contributed by atoms with Crippen LogP contribution >= 0.6 is 0 Å². The van der Waals surface area contributed by atoms with Gasteiger partial charge in [-0.2, -0.15) is 0 Å². The average Bonchev–Trinajstić information content (AvgIpc) is 2.21. The number of hydrogen-bond donors (Lipinski definition) is 0. The van der Waals surface area contributed by atoms with E-state index in [9.17, 15) is 4.79 Å². The highest BCUT2D eigenvalue weighted by Crippen LogP contribution is 2.37. The first-order chi connectivity index (χ1) is 7.94. The summed E-state index contributed by atoms with van der Waals surface area (Å²) in [5.74, 6) is 1.03. The Bertz CT molecular complexity index is 458. The summed E-state index contributed by atoms with van der Waals surface area (Å²) in [6.07, 6.45) is 2.50. The number of Topliss-reactive ketones (excluding diaryl/α,β-unsaturated/α-hetero) is 1. The molecule has 17 heavy (non-hydrogen) atoms. The van der Waals surface area contributed by atoms with Gasteiger partial charge in [0.15, 0.2) is 5.78 Å². The van der Waals surface area contributed by atoms with Gasteiger partial charge in [-0.15, -0.1) is 0 Å². The molecule has 0 radical (unpaired) electrons. The van der Waals surface area contributed by atoms with Crippen molar-refractivity contribution >= 4 is 5.78 Å². The number of carbonyl (C=O) groups excluding carboxylic acids is 1. The smallest absolute Gasteiger partial charge is 0.170 e. The summed E-state index contributed by atoms with van der Waals surface area (Å²) in [5.41, 5.74) is 2.81. The minimum absolute atomic E-state index is 0.202. The fourth-order valence-electron chi connectivity index (χ4n) is 2.42. The molecule has 1 heterocycles. The first-order valence-corrected chi connectivity index (χ1v) is 6.29. The van der Waals surface area contributed by atoms with Gasteiger partial charge in [0, 0.05) is 0 Å². The summed E-state index contributed by atoms with van der Waals surface area (Å²) in [7, 11) is 0. The standard InChI is InChI=1S/C15H20O2/c1-5-6-11-10(2)7-8-12-13(16)9-15(3,4)17-14(11)12/h7-8H,5-6,9H2,1-4H3.